The smallest absolute Gasteiger partial charge is 0.416 e. The second-order valence-corrected chi connectivity index (χ2v) is 8.69. The Morgan fingerprint density at radius 3 is 2.69 bits per heavy atom. The van der Waals surface area contributed by atoms with Gasteiger partial charge >= 0.3 is 6.18 Å². The van der Waals surface area contributed by atoms with E-state index in [0.29, 0.717) is 23.5 Å². The van der Waals surface area contributed by atoms with Gasteiger partial charge in [0.2, 0.25) is 0 Å². The summed E-state index contributed by atoms with van der Waals surface area (Å²) in [5.41, 5.74) is 0.882. The minimum absolute atomic E-state index is 0.142. The topological polar surface area (TPSA) is 79.7 Å². The molecule has 9 heteroatoms. The molecule has 1 amide bonds. The number of aliphatic hydroxyl groups is 1. The van der Waals surface area contributed by atoms with Gasteiger partial charge in [-0.2, -0.15) is 13.2 Å². The number of pyridine rings is 1. The van der Waals surface area contributed by atoms with E-state index in [9.17, 15) is 27.9 Å². The molecule has 0 saturated carbocycles. The van der Waals surface area contributed by atoms with Gasteiger partial charge < -0.3 is 14.7 Å². The number of rotatable bonds is 4. The first-order valence-electron chi connectivity index (χ1n) is 11.3. The number of aryl methyl sites for hydroxylation is 1. The number of benzene rings is 2. The number of Topliss-reactive ketones (excluding diaryl/α,β-unsaturated/α-hetero) is 1. The van der Waals surface area contributed by atoms with Crippen molar-refractivity contribution in [2.75, 3.05) is 6.61 Å². The summed E-state index contributed by atoms with van der Waals surface area (Å²) in [7, 11) is 0. The Labute approximate surface area is 204 Å². The molecule has 36 heavy (non-hydrogen) atoms. The van der Waals surface area contributed by atoms with Gasteiger partial charge in [-0.05, 0) is 65.9 Å². The number of ketones is 1. The van der Waals surface area contributed by atoms with E-state index >= 15 is 0 Å². The van der Waals surface area contributed by atoms with Crippen LogP contribution in [0, 0.1) is 0 Å². The van der Waals surface area contributed by atoms with E-state index in [4.69, 9.17) is 4.74 Å². The quantitative estimate of drug-likeness (QED) is 0.312. The molecule has 6 nitrogen and oxygen atoms in total. The van der Waals surface area contributed by atoms with Crippen molar-refractivity contribution < 1.29 is 32.6 Å². The summed E-state index contributed by atoms with van der Waals surface area (Å²) >= 11 is 0. The van der Waals surface area contributed by atoms with E-state index in [2.05, 4.69) is 4.98 Å². The van der Waals surface area contributed by atoms with Crippen LogP contribution in [-0.2, 0) is 28.7 Å². The average Bonchev–Trinajstić information content (AvgIpc) is 3.13. The molecule has 0 radical (unpaired) electrons. The molecule has 1 unspecified atom stereocenters. The van der Waals surface area contributed by atoms with Crippen LogP contribution >= 0.6 is 0 Å². The summed E-state index contributed by atoms with van der Waals surface area (Å²) in [6, 6.07) is 11.9. The minimum atomic E-state index is -4.55. The molecular formula is C27H21F3N2O4. The molecule has 1 atom stereocenters. The molecule has 1 fully saturated rings. The Morgan fingerprint density at radius 1 is 1.11 bits per heavy atom. The zero-order valence-electron chi connectivity index (χ0n) is 19.0. The number of carbonyl (C=O) groups excluding carboxylic acids is 2. The fraction of sp³-hybridized carbons (Fsp3) is 0.222. The lowest BCUT2D eigenvalue weighted by Gasteiger charge is -2.25. The standard InChI is InChI=1S/C27H21F3N2O4/c28-27(29,30)20-7-1-4-16(12-20)15-32-23(19-5-2-10-31-14-19)22(25(34)26(32)35)24(33)18-8-9-21-17(13-18)6-3-11-36-21/h1-2,4-5,7-10,12-14,23,33H,3,6,11,15H2/b24-22-. The highest BCUT2D eigenvalue weighted by atomic mass is 19.4. The van der Waals surface area contributed by atoms with Gasteiger partial charge in [0, 0.05) is 24.5 Å². The maximum absolute atomic E-state index is 13.2. The summed E-state index contributed by atoms with van der Waals surface area (Å²) in [5.74, 6) is -1.49. The summed E-state index contributed by atoms with van der Waals surface area (Å²) < 4.78 is 45.3. The van der Waals surface area contributed by atoms with Gasteiger partial charge in [0.05, 0.1) is 23.8 Å². The lowest BCUT2D eigenvalue weighted by molar-refractivity contribution is -0.140. The first-order chi connectivity index (χ1) is 17.2. The monoisotopic (exact) mass is 494 g/mol. The normalized spacial score (nSPS) is 19.2. The molecular weight excluding hydrogens is 473 g/mol. The van der Waals surface area contributed by atoms with Crippen molar-refractivity contribution >= 4 is 17.4 Å². The number of nitrogens with zero attached hydrogens (tertiary/aromatic N) is 2. The van der Waals surface area contributed by atoms with E-state index in [1.807, 2.05) is 0 Å². The Morgan fingerprint density at radius 2 is 1.94 bits per heavy atom. The van der Waals surface area contributed by atoms with Crippen molar-refractivity contribution in [1.82, 2.24) is 9.88 Å². The van der Waals surface area contributed by atoms with Crippen molar-refractivity contribution in [3.05, 3.63) is 100 Å². The number of likely N-dealkylation sites (tertiary alicyclic amines) is 1. The van der Waals surface area contributed by atoms with Gasteiger partial charge in [-0.3, -0.25) is 14.6 Å². The number of fused-ring (bicyclic) bond motifs is 1. The second-order valence-electron chi connectivity index (χ2n) is 8.69. The summed E-state index contributed by atoms with van der Waals surface area (Å²) in [6.45, 7) is 0.336. The number of ether oxygens (including phenoxy) is 1. The van der Waals surface area contributed by atoms with Crippen LogP contribution in [0.25, 0.3) is 5.76 Å². The highest BCUT2D eigenvalue weighted by Gasteiger charge is 2.46. The third-order valence-electron chi connectivity index (χ3n) is 6.33. The molecule has 2 aliphatic heterocycles. The van der Waals surface area contributed by atoms with Crippen molar-refractivity contribution in [3.63, 3.8) is 0 Å². The number of hydrogen-bond donors (Lipinski definition) is 1. The zero-order valence-corrected chi connectivity index (χ0v) is 19.0. The van der Waals surface area contributed by atoms with E-state index in [-0.39, 0.29) is 23.4 Å². The van der Waals surface area contributed by atoms with E-state index in [0.717, 1.165) is 30.5 Å². The maximum atomic E-state index is 13.2. The molecule has 2 aliphatic rings. The van der Waals surface area contributed by atoms with Crippen molar-refractivity contribution in [2.24, 2.45) is 0 Å². The fourth-order valence-corrected chi connectivity index (χ4v) is 4.63. The highest BCUT2D eigenvalue weighted by molar-refractivity contribution is 6.46. The predicted octanol–water partition coefficient (Wildman–Crippen LogP) is 5.05. The number of amides is 1. The number of alkyl halides is 3. The SMILES string of the molecule is O=C1C(=O)N(Cc2cccc(C(F)(F)F)c2)C(c2cccnc2)/C1=C(/O)c1ccc2c(c1)CCCO2. The molecule has 2 aromatic carbocycles. The number of hydrogen-bond acceptors (Lipinski definition) is 5. The summed E-state index contributed by atoms with van der Waals surface area (Å²) in [4.78, 5) is 31.5. The molecule has 1 aromatic heterocycles. The van der Waals surface area contributed by atoms with Crippen LogP contribution in [0.4, 0.5) is 13.2 Å². The molecule has 0 bridgehead atoms. The third-order valence-corrected chi connectivity index (χ3v) is 6.33. The van der Waals surface area contributed by atoms with Crippen LogP contribution < -0.4 is 4.74 Å². The number of aliphatic hydroxyl groups excluding tert-OH is 1. The molecule has 0 aliphatic carbocycles. The Bertz CT molecular complexity index is 1370. The lowest BCUT2D eigenvalue weighted by atomic mass is 9.94. The predicted molar refractivity (Wildman–Crippen MR) is 124 cm³/mol. The average molecular weight is 494 g/mol. The van der Waals surface area contributed by atoms with Gasteiger partial charge in [-0.1, -0.05) is 18.2 Å². The van der Waals surface area contributed by atoms with Gasteiger partial charge in [-0.15, -0.1) is 0 Å². The Balaban J connectivity index is 1.60. The van der Waals surface area contributed by atoms with Crippen LogP contribution in [0.3, 0.4) is 0 Å². The molecule has 1 N–H and O–H groups in total. The molecule has 0 spiro atoms. The van der Waals surface area contributed by atoms with E-state index in [1.54, 1.807) is 30.3 Å². The lowest BCUT2D eigenvalue weighted by Crippen LogP contribution is -2.29. The highest BCUT2D eigenvalue weighted by Crippen LogP contribution is 2.41. The Hall–Kier alpha value is -4.14. The minimum Gasteiger partial charge on any atom is -0.507 e. The van der Waals surface area contributed by atoms with Crippen LogP contribution in [-0.4, -0.2) is 33.3 Å². The van der Waals surface area contributed by atoms with E-state index in [1.165, 1.54) is 29.4 Å². The largest absolute Gasteiger partial charge is 0.507 e. The van der Waals surface area contributed by atoms with Gasteiger partial charge in [0.25, 0.3) is 11.7 Å². The van der Waals surface area contributed by atoms with Crippen LogP contribution in [0.1, 0.15) is 40.3 Å². The van der Waals surface area contributed by atoms with Crippen LogP contribution in [0.2, 0.25) is 0 Å². The summed E-state index contributed by atoms with van der Waals surface area (Å²) in [5, 5.41) is 11.2. The van der Waals surface area contributed by atoms with E-state index < -0.39 is 29.5 Å². The third kappa shape index (κ3) is 4.32. The fourth-order valence-electron chi connectivity index (χ4n) is 4.63. The van der Waals surface area contributed by atoms with Crippen molar-refractivity contribution in [3.8, 4) is 5.75 Å². The van der Waals surface area contributed by atoms with Crippen LogP contribution in [0.5, 0.6) is 5.75 Å². The maximum Gasteiger partial charge on any atom is 0.416 e. The Kier molecular flexibility index (Phi) is 5.99. The molecule has 5 rings (SSSR count). The molecule has 184 valence electrons. The van der Waals surface area contributed by atoms with Gasteiger partial charge in [0.1, 0.15) is 11.5 Å². The first kappa shape index (κ1) is 23.6. The van der Waals surface area contributed by atoms with Crippen molar-refractivity contribution in [1.29, 1.82) is 0 Å². The number of carbonyl (C=O) groups is 2. The molecule has 1 saturated heterocycles. The molecule has 3 heterocycles. The number of aromatic nitrogens is 1. The first-order valence-corrected chi connectivity index (χ1v) is 11.3. The second kappa shape index (κ2) is 9.14. The van der Waals surface area contributed by atoms with Crippen molar-refractivity contribution in [2.45, 2.75) is 31.6 Å². The zero-order chi connectivity index (χ0) is 25.4. The molecule has 3 aromatic rings. The summed E-state index contributed by atoms with van der Waals surface area (Å²) in [6.07, 6.45) is -0.0145. The van der Waals surface area contributed by atoms with Crippen LogP contribution in [0.15, 0.2) is 72.6 Å². The van der Waals surface area contributed by atoms with Gasteiger partial charge in [-0.25, -0.2) is 0 Å². The number of halogens is 3. The van der Waals surface area contributed by atoms with Gasteiger partial charge in [0.15, 0.2) is 0 Å².